The van der Waals surface area contributed by atoms with Crippen molar-refractivity contribution in [2.75, 3.05) is 31.1 Å². The topological polar surface area (TPSA) is 62.2 Å². The molecule has 2 aliphatic heterocycles. The van der Waals surface area contributed by atoms with Crippen LogP contribution in [0.5, 0.6) is 0 Å². The van der Waals surface area contributed by atoms with Crippen molar-refractivity contribution in [1.82, 2.24) is 19.5 Å². The molecule has 0 bridgehead atoms. The zero-order chi connectivity index (χ0) is 16.4. The van der Waals surface area contributed by atoms with Gasteiger partial charge in [0.2, 0.25) is 0 Å². The zero-order valence-electron chi connectivity index (χ0n) is 13.6. The molecular formula is C17H21N5OS. The molecule has 6 nitrogen and oxygen atoms in total. The molecule has 0 atom stereocenters. The number of carbonyl (C=O) groups excluding carboxylic acids is 1. The van der Waals surface area contributed by atoms with Crippen molar-refractivity contribution in [3.05, 3.63) is 35.5 Å². The van der Waals surface area contributed by atoms with Crippen molar-refractivity contribution in [3.8, 4) is 0 Å². The minimum atomic E-state index is 0.0320. The van der Waals surface area contributed by atoms with Gasteiger partial charge in [0.1, 0.15) is 5.82 Å². The third-order valence-electron chi connectivity index (χ3n) is 5.49. The van der Waals surface area contributed by atoms with Gasteiger partial charge >= 0.3 is 0 Å². The van der Waals surface area contributed by atoms with E-state index < -0.39 is 0 Å². The molecule has 0 saturated carbocycles. The monoisotopic (exact) mass is 343 g/mol. The molecule has 2 aliphatic rings. The second-order valence-corrected chi connectivity index (χ2v) is 7.37. The maximum Gasteiger partial charge on any atom is 0.275 e. The number of pyridine rings is 1. The molecule has 2 saturated heterocycles. The zero-order valence-corrected chi connectivity index (χ0v) is 14.4. The number of carbonyl (C=O) groups is 1. The van der Waals surface area contributed by atoms with Crippen LogP contribution in [0.1, 0.15) is 36.2 Å². The minimum Gasteiger partial charge on any atom is -0.357 e. The molecule has 4 rings (SSSR count). The Labute approximate surface area is 145 Å². The second kappa shape index (κ2) is 6.47. The first-order valence-electron chi connectivity index (χ1n) is 8.48. The van der Waals surface area contributed by atoms with E-state index in [1.165, 1.54) is 24.4 Å². The Morgan fingerprint density at radius 2 is 1.83 bits per heavy atom. The summed E-state index contributed by atoms with van der Waals surface area (Å²) in [5.41, 5.74) is 0.878. The Bertz CT molecular complexity index is 672. The lowest BCUT2D eigenvalue weighted by Gasteiger charge is -2.47. The van der Waals surface area contributed by atoms with Gasteiger partial charge in [-0.05, 0) is 54.8 Å². The molecule has 0 aliphatic carbocycles. The maximum atomic E-state index is 12.4. The molecule has 24 heavy (non-hydrogen) atoms. The first kappa shape index (κ1) is 15.5. The number of piperidine rings is 2. The second-order valence-electron chi connectivity index (χ2n) is 6.76. The van der Waals surface area contributed by atoms with Gasteiger partial charge in [-0.3, -0.25) is 4.79 Å². The van der Waals surface area contributed by atoms with Crippen molar-refractivity contribution in [2.45, 2.75) is 25.7 Å². The van der Waals surface area contributed by atoms with E-state index in [9.17, 15) is 4.79 Å². The lowest BCUT2D eigenvalue weighted by molar-refractivity contribution is 0.0509. The molecule has 1 amide bonds. The highest BCUT2D eigenvalue weighted by atomic mass is 32.1. The van der Waals surface area contributed by atoms with Crippen molar-refractivity contribution >= 4 is 23.3 Å². The highest BCUT2D eigenvalue weighted by Crippen LogP contribution is 2.42. The molecule has 7 heteroatoms. The van der Waals surface area contributed by atoms with Crippen LogP contribution in [0.15, 0.2) is 29.8 Å². The van der Waals surface area contributed by atoms with E-state index in [4.69, 9.17) is 0 Å². The number of anilines is 1. The van der Waals surface area contributed by atoms with Crippen LogP contribution in [0.2, 0.25) is 0 Å². The standard InChI is InChI=1S/C17H21N5OS/c23-16(14-13-24-20-19-14)22-11-6-17(7-12-22)4-9-21(10-5-17)15-3-1-2-8-18-15/h1-3,8,13H,4-7,9-12H2. The maximum absolute atomic E-state index is 12.4. The van der Waals surface area contributed by atoms with Crippen LogP contribution in [0, 0.1) is 5.41 Å². The molecule has 126 valence electrons. The Balaban J connectivity index is 1.34. The third kappa shape index (κ3) is 3.00. The number of hydrogen-bond acceptors (Lipinski definition) is 6. The van der Waals surface area contributed by atoms with Crippen molar-refractivity contribution < 1.29 is 4.79 Å². The van der Waals surface area contributed by atoms with E-state index in [2.05, 4.69) is 25.5 Å². The minimum absolute atomic E-state index is 0.0320. The van der Waals surface area contributed by atoms with Crippen LogP contribution in [0.4, 0.5) is 5.82 Å². The van der Waals surface area contributed by atoms with E-state index in [1.54, 1.807) is 5.38 Å². The number of amides is 1. The number of rotatable bonds is 2. The average molecular weight is 343 g/mol. The summed E-state index contributed by atoms with van der Waals surface area (Å²) in [7, 11) is 0. The smallest absolute Gasteiger partial charge is 0.275 e. The van der Waals surface area contributed by atoms with Gasteiger partial charge < -0.3 is 9.80 Å². The lowest BCUT2D eigenvalue weighted by atomic mass is 9.71. The fraction of sp³-hybridized carbons (Fsp3) is 0.529. The predicted octanol–water partition coefficient (Wildman–Crippen LogP) is 2.46. The summed E-state index contributed by atoms with van der Waals surface area (Å²) in [6.45, 7) is 3.78. The van der Waals surface area contributed by atoms with Crippen molar-refractivity contribution in [1.29, 1.82) is 0 Å². The predicted molar refractivity (Wildman–Crippen MR) is 93.2 cm³/mol. The van der Waals surface area contributed by atoms with Gasteiger partial charge in [0.05, 0.1) is 0 Å². The van der Waals surface area contributed by atoms with E-state index in [1.807, 2.05) is 23.2 Å². The Morgan fingerprint density at radius 1 is 1.08 bits per heavy atom. The van der Waals surface area contributed by atoms with E-state index in [0.717, 1.165) is 44.8 Å². The fourth-order valence-electron chi connectivity index (χ4n) is 3.85. The first-order chi connectivity index (χ1) is 11.8. The van der Waals surface area contributed by atoms with Crippen LogP contribution in [0.25, 0.3) is 0 Å². The fourth-order valence-corrected chi connectivity index (χ4v) is 4.28. The molecule has 2 fully saturated rings. The van der Waals surface area contributed by atoms with Gasteiger partial charge in [-0.15, -0.1) is 5.10 Å². The molecule has 4 heterocycles. The number of aromatic nitrogens is 3. The quantitative estimate of drug-likeness (QED) is 0.838. The van der Waals surface area contributed by atoms with Crippen molar-refractivity contribution in [3.63, 3.8) is 0 Å². The SMILES string of the molecule is O=C(c1csnn1)N1CCC2(CC1)CCN(c1ccccn1)CC2. The Hall–Kier alpha value is -2.02. The van der Waals surface area contributed by atoms with E-state index in [0.29, 0.717) is 11.1 Å². The molecule has 1 spiro atoms. The van der Waals surface area contributed by atoms with Crippen LogP contribution < -0.4 is 4.90 Å². The number of nitrogens with zero attached hydrogens (tertiary/aromatic N) is 5. The number of likely N-dealkylation sites (tertiary alicyclic amines) is 1. The summed E-state index contributed by atoms with van der Waals surface area (Å²) in [6, 6.07) is 6.09. The highest BCUT2D eigenvalue weighted by molar-refractivity contribution is 7.03. The molecule has 0 unspecified atom stereocenters. The van der Waals surface area contributed by atoms with Crippen molar-refractivity contribution in [2.24, 2.45) is 5.41 Å². The van der Waals surface area contributed by atoms with Gasteiger partial charge in [0, 0.05) is 37.8 Å². The van der Waals surface area contributed by atoms with Gasteiger partial charge in [-0.2, -0.15) is 0 Å². The van der Waals surface area contributed by atoms with Gasteiger partial charge in [0.15, 0.2) is 5.69 Å². The molecule has 2 aromatic heterocycles. The van der Waals surface area contributed by atoms with Crippen LogP contribution in [0.3, 0.4) is 0 Å². The summed E-state index contributed by atoms with van der Waals surface area (Å²) in [4.78, 5) is 21.2. The van der Waals surface area contributed by atoms with E-state index >= 15 is 0 Å². The van der Waals surface area contributed by atoms with Gasteiger partial charge in [-0.25, -0.2) is 4.98 Å². The largest absolute Gasteiger partial charge is 0.357 e. The summed E-state index contributed by atoms with van der Waals surface area (Å²) in [6.07, 6.45) is 6.41. The third-order valence-corrected chi connectivity index (χ3v) is 5.99. The molecule has 0 radical (unpaired) electrons. The van der Waals surface area contributed by atoms with Gasteiger partial charge in [0.25, 0.3) is 5.91 Å². The first-order valence-corrected chi connectivity index (χ1v) is 9.32. The Morgan fingerprint density at radius 3 is 2.46 bits per heavy atom. The summed E-state index contributed by atoms with van der Waals surface area (Å²) in [5, 5.41) is 5.64. The Kier molecular flexibility index (Phi) is 4.18. The highest BCUT2D eigenvalue weighted by Gasteiger charge is 2.39. The van der Waals surface area contributed by atoms with Crippen LogP contribution in [-0.2, 0) is 0 Å². The lowest BCUT2D eigenvalue weighted by Crippen LogP contribution is -2.48. The summed E-state index contributed by atoms with van der Waals surface area (Å²) >= 11 is 1.23. The molecule has 0 N–H and O–H groups in total. The molecular weight excluding hydrogens is 322 g/mol. The molecule has 2 aromatic rings. The van der Waals surface area contributed by atoms with E-state index in [-0.39, 0.29) is 5.91 Å². The summed E-state index contributed by atoms with van der Waals surface area (Å²) < 4.78 is 3.79. The van der Waals surface area contributed by atoms with Crippen LogP contribution in [-0.4, -0.2) is 51.6 Å². The van der Waals surface area contributed by atoms with Crippen LogP contribution >= 0.6 is 11.5 Å². The normalized spacial score (nSPS) is 20.3. The van der Waals surface area contributed by atoms with Gasteiger partial charge in [-0.1, -0.05) is 10.6 Å². The number of hydrogen-bond donors (Lipinski definition) is 0. The molecule has 0 aromatic carbocycles. The summed E-state index contributed by atoms with van der Waals surface area (Å²) in [5.74, 6) is 1.11. The average Bonchev–Trinajstić information content (AvgIpc) is 3.18.